The van der Waals surface area contributed by atoms with Gasteiger partial charge in [0.15, 0.2) is 0 Å². The topological polar surface area (TPSA) is 50.9 Å². The Hall–Kier alpha value is -1.32. The van der Waals surface area contributed by atoms with E-state index in [2.05, 4.69) is 10.3 Å². The second-order valence-corrected chi connectivity index (χ2v) is 5.93. The van der Waals surface area contributed by atoms with Gasteiger partial charge in [0.25, 0.3) is 0 Å². The molecule has 1 aromatic carbocycles. The molecule has 3 rings (SSSR count). The zero-order chi connectivity index (χ0) is 13.9. The standard InChI is InChI=1S/C16H20ClN3/c17-13-7-8-15(16-12(13)5-3-9-19-16)20-14-6-2-1-4-11(14)10-18/h3,5,7-9,11,14,20H,1-2,4,6,10,18H2. The summed E-state index contributed by atoms with van der Waals surface area (Å²) < 4.78 is 0. The molecule has 0 saturated heterocycles. The third-order valence-electron chi connectivity index (χ3n) is 4.27. The van der Waals surface area contributed by atoms with Crippen LogP contribution in [0.5, 0.6) is 0 Å². The Morgan fingerprint density at radius 3 is 2.95 bits per heavy atom. The van der Waals surface area contributed by atoms with Gasteiger partial charge < -0.3 is 11.1 Å². The number of hydrogen-bond donors (Lipinski definition) is 2. The van der Waals surface area contributed by atoms with Gasteiger partial charge in [-0.15, -0.1) is 0 Å². The molecule has 20 heavy (non-hydrogen) atoms. The normalized spacial score (nSPS) is 22.9. The summed E-state index contributed by atoms with van der Waals surface area (Å²) in [4.78, 5) is 4.48. The van der Waals surface area contributed by atoms with Crippen molar-refractivity contribution >= 4 is 28.2 Å². The Balaban J connectivity index is 1.92. The summed E-state index contributed by atoms with van der Waals surface area (Å²) in [5.74, 6) is 0.554. The maximum atomic E-state index is 6.24. The first-order valence-corrected chi connectivity index (χ1v) is 7.67. The molecule has 1 saturated carbocycles. The molecular weight excluding hydrogens is 270 g/mol. The molecule has 2 unspecified atom stereocenters. The van der Waals surface area contributed by atoms with Crippen molar-refractivity contribution in [1.82, 2.24) is 4.98 Å². The molecule has 1 aromatic heterocycles. The average Bonchev–Trinajstić information content (AvgIpc) is 2.51. The molecule has 4 heteroatoms. The minimum atomic E-state index is 0.445. The van der Waals surface area contributed by atoms with Gasteiger partial charge >= 0.3 is 0 Å². The maximum Gasteiger partial charge on any atom is 0.0948 e. The highest BCUT2D eigenvalue weighted by Crippen LogP contribution is 2.31. The molecule has 1 fully saturated rings. The van der Waals surface area contributed by atoms with Gasteiger partial charge in [0.05, 0.1) is 16.2 Å². The number of nitrogens with two attached hydrogens (primary N) is 1. The van der Waals surface area contributed by atoms with Crippen molar-refractivity contribution in [3.05, 3.63) is 35.5 Å². The van der Waals surface area contributed by atoms with Gasteiger partial charge in [-0.3, -0.25) is 4.98 Å². The fourth-order valence-corrected chi connectivity index (χ4v) is 3.35. The lowest BCUT2D eigenvalue weighted by molar-refractivity contribution is 0.333. The summed E-state index contributed by atoms with van der Waals surface area (Å²) in [5, 5.41) is 5.40. The van der Waals surface area contributed by atoms with Crippen molar-refractivity contribution in [2.75, 3.05) is 11.9 Å². The first kappa shape index (κ1) is 13.7. The highest BCUT2D eigenvalue weighted by atomic mass is 35.5. The molecular formula is C16H20ClN3. The second kappa shape index (κ2) is 5.98. The molecule has 2 aromatic rings. The summed E-state index contributed by atoms with van der Waals surface area (Å²) in [5.41, 5.74) is 7.92. The van der Waals surface area contributed by atoms with E-state index in [-0.39, 0.29) is 0 Å². The second-order valence-electron chi connectivity index (χ2n) is 5.53. The van der Waals surface area contributed by atoms with Crippen molar-refractivity contribution in [1.29, 1.82) is 0 Å². The summed E-state index contributed by atoms with van der Waals surface area (Å²) in [6.07, 6.45) is 6.77. The fraction of sp³-hybridized carbons (Fsp3) is 0.438. The van der Waals surface area contributed by atoms with Crippen molar-refractivity contribution < 1.29 is 0 Å². The molecule has 3 N–H and O–H groups in total. The van der Waals surface area contributed by atoms with E-state index in [1.54, 1.807) is 0 Å². The number of nitrogens with zero attached hydrogens (tertiary/aromatic N) is 1. The van der Waals surface area contributed by atoms with Gasteiger partial charge in [0.2, 0.25) is 0 Å². The number of hydrogen-bond acceptors (Lipinski definition) is 3. The number of benzene rings is 1. The SMILES string of the molecule is NCC1CCCCC1Nc1ccc(Cl)c2cccnc12. The minimum Gasteiger partial charge on any atom is -0.380 e. The van der Waals surface area contributed by atoms with Gasteiger partial charge in [-0.05, 0) is 49.6 Å². The summed E-state index contributed by atoms with van der Waals surface area (Å²) in [7, 11) is 0. The van der Waals surface area contributed by atoms with Gasteiger partial charge in [-0.2, -0.15) is 0 Å². The molecule has 0 radical (unpaired) electrons. The lowest BCUT2D eigenvalue weighted by atomic mass is 9.84. The number of pyridine rings is 1. The van der Waals surface area contributed by atoms with E-state index < -0.39 is 0 Å². The van der Waals surface area contributed by atoms with E-state index in [1.165, 1.54) is 25.7 Å². The van der Waals surface area contributed by atoms with E-state index in [9.17, 15) is 0 Å². The van der Waals surface area contributed by atoms with Crippen molar-refractivity contribution in [2.45, 2.75) is 31.7 Å². The van der Waals surface area contributed by atoms with E-state index in [1.807, 2.05) is 30.5 Å². The predicted molar refractivity (Wildman–Crippen MR) is 85.2 cm³/mol. The van der Waals surface area contributed by atoms with Crippen LogP contribution in [0.25, 0.3) is 10.9 Å². The molecule has 3 nitrogen and oxygen atoms in total. The number of nitrogens with one attached hydrogen (secondary N) is 1. The summed E-state index contributed by atoms with van der Waals surface area (Å²) in [6.45, 7) is 0.747. The van der Waals surface area contributed by atoms with Crippen LogP contribution in [0, 0.1) is 5.92 Å². The van der Waals surface area contributed by atoms with Gasteiger partial charge in [0.1, 0.15) is 0 Å². The predicted octanol–water partition coefficient (Wildman–Crippen LogP) is 3.82. The van der Waals surface area contributed by atoms with Crippen LogP contribution in [0.1, 0.15) is 25.7 Å². The molecule has 0 bridgehead atoms. The number of halogens is 1. The molecule has 1 aliphatic carbocycles. The van der Waals surface area contributed by atoms with Crippen LogP contribution in [0.3, 0.4) is 0 Å². The zero-order valence-corrected chi connectivity index (χ0v) is 12.2. The lowest BCUT2D eigenvalue weighted by Crippen LogP contribution is -2.36. The maximum absolute atomic E-state index is 6.24. The largest absolute Gasteiger partial charge is 0.380 e. The van der Waals surface area contributed by atoms with E-state index in [0.29, 0.717) is 12.0 Å². The third kappa shape index (κ3) is 2.60. The quantitative estimate of drug-likeness (QED) is 0.903. The van der Waals surface area contributed by atoms with E-state index in [0.717, 1.165) is 28.2 Å². The van der Waals surface area contributed by atoms with Crippen LogP contribution in [0.2, 0.25) is 5.02 Å². The van der Waals surface area contributed by atoms with Crippen LogP contribution >= 0.6 is 11.6 Å². The Kier molecular flexibility index (Phi) is 4.08. The average molecular weight is 290 g/mol. The first-order valence-electron chi connectivity index (χ1n) is 7.29. The molecule has 0 aliphatic heterocycles. The van der Waals surface area contributed by atoms with Crippen molar-refractivity contribution in [3.63, 3.8) is 0 Å². The number of fused-ring (bicyclic) bond motifs is 1. The molecule has 0 spiro atoms. The van der Waals surface area contributed by atoms with Crippen molar-refractivity contribution in [2.24, 2.45) is 11.7 Å². The Morgan fingerprint density at radius 1 is 1.25 bits per heavy atom. The van der Waals surface area contributed by atoms with Crippen LogP contribution < -0.4 is 11.1 Å². The van der Waals surface area contributed by atoms with Crippen molar-refractivity contribution in [3.8, 4) is 0 Å². The lowest BCUT2D eigenvalue weighted by Gasteiger charge is -2.32. The van der Waals surface area contributed by atoms with Gasteiger partial charge in [-0.1, -0.05) is 24.4 Å². The highest BCUT2D eigenvalue weighted by molar-refractivity contribution is 6.35. The molecule has 2 atom stereocenters. The Labute approximate surface area is 124 Å². The van der Waals surface area contributed by atoms with Gasteiger partial charge in [-0.25, -0.2) is 0 Å². The third-order valence-corrected chi connectivity index (χ3v) is 4.60. The zero-order valence-electron chi connectivity index (χ0n) is 11.5. The highest BCUT2D eigenvalue weighted by Gasteiger charge is 2.24. The molecule has 0 amide bonds. The summed E-state index contributed by atoms with van der Waals surface area (Å²) in [6, 6.07) is 8.34. The smallest absolute Gasteiger partial charge is 0.0948 e. The van der Waals surface area contributed by atoms with Gasteiger partial charge in [0, 0.05) is 17.6 Å². The van der Waals surface area contributed by atoms with E-state index in [4.69, 9.17) is 17.3 Å². The van der Waals surface area contributed by atoms with E-state index >= 15 is 0 Å². The number of aromatic nitrogens is 1. The number of rotatable bonds is 3. The van der Waals surface area contributed by atoms with Crippen LogP contribution in [0.15, 0.2) is 30.5 Å². The van der Waals surface area contributed by atoms with Crippen LogP contribution in [0.4, 0.5) is 5.69 Å². The number of anilines is 1. The first-order chi connectivity index (χ1) is 9.79. The molecule has 106 valence electrons. The monoisotopic (exact) mass is 289 g/mol. The minimum absolute atomic E-state index is 0.445. The summed E-state index contributed by atoms with van der Waals surface area (Å²) >= 11 is 6.24. The Morgan fingerprint density at radius 2 is 2.10 bits per heavy atom. The molecule has 1 heterocycles. The van der Waals surface area contributed by atoms with Crippen LogP contribution in [-0.4, -0.2) is 17.6 Å². The molecule has 1 aliphatic rings. The Bertz CT molecular complexity index is 599. The van der Waals surface area contributed by atoms with Crippen LogP contribution in [-0.2, 0) is 0 Å². The fourth-order valence-electron chi connectivity index (χ4n) is 3.13.